The standard InChI is InChI=1S/C11H9ClN2O2S2/c1-18(15,16)9-4-2-8(3-5-9)17-11-7-13-6-10(12)14-11/h2-7H,1H3. The fourth-order valence-electron chi connectivity index (χ4n) is 1.25. The van der Waals surface area contributed by atoms with Crippen molar-refractivity contribution >= 4 is 33.2 Å². The van der Waals surface area contributed by atoms with Crippen LogP contribution in [-0.2, 0) is 9.84 Å². The zero-order valence-corrected chi connectivity index (χ0v) is 11.8. The van der Waals surface area contributed by atoms with Gasteiger partial charge >= 0.3 is 0 Å². The minimum Gasteiger partial charge on any atom is -0.259 e. The first-order valence-corrected chi connectivity index (χ1v) is 7.99. The molecule has 0 radical (unpaired) electrons. The van der Waals surface area contributed by atoms with Crippen molar-refractivity contribution in [3.05, 3.63) is 41.8 Å². The van der Waals surface area contributed by atoms with Crippen LogP contribution < -0.4 is 0 Å². The van der Waals surface area contributed by atoms with Crippen LogP contribution in [0.15, 0.2) is 51.5 Å². The molecule has 0 fully saturated rings. The lowest BCUT2D eigenvalue weighted by Gasteiger charge is -2.02. The summed E-state index contributed by atoms with van der Waals surface area (Å²) in [4.78, 5) is 9.18. The Morgan fingerprint density at radius 2 is 1.83 bits per heavy atom. The van der Waals surface area contributed by atoms with Gasteiger partial charge in [0.15, 0.2) is 9.84 Å². The van der Waals surface area contributed by atoms with Crippen LogP contribution in [0.1, 0.15) is 0 Å². The smallest absolute Gasteiger partial charge is 0.175 e. The second kappa shape index (κ2) is 5.26. The summed E-state index contributed by atoms with van der Waals surface area (Å²) in [6, 6.07) is 6.58. The van der Waals surface area contributed by atoms with E-state index in [0.717, 1.165) is 4.90 Å². The molecule has 0 saturated carbocycles. The van der Waals surface area contributed by atoms with Gasteiger partial charge in [-0.15, -0.1) is 0 Å². The third-order valence-electron chi connectivity index (χ3n) is 2.06. The molecule has 0 aliphatic carbocycles. The van der Waals surface area contributed by atoms with E-state index in [0.29, 0.717) is 15.1 Å². The lowest BCUT2D eigenvalue weighted by Crippen LogP contribution is -1.96. The topological polar surface area (TPSA) is 59.9 Å². The molecule has 0 spiro atoms. The van der Waals surface area contributed by atoms with Crippen molar-refractivity contribution in [3.63, 3.8) is 0 Å². The highest BCUT2D eigenvalue weighted by molar-refractivity contribution is 7.99. The van der Waals surface area contributed by atoms with E-state index in [1.807, 2.05) is 0 Å². The maximum absolute atomic E-state index is 11.3. The van der Waals surface area contributed by atoms with E-state index in [1.54, 1.807) is 30.5 Å². The summed E-state index contributed by atoms with van der Waals surface area (Å²) >= 11 is 7.10. The minimum atomic E-state index is -3.16. The maximum atomic E-state index is 11.3. The van der Waals surface area contributed by atoms with E-state index >= 15 is 0 Å². The molecule has 1 heterocycles. The third kappa shape index (κ3) is 3.44. The fraction of sp³-hybridized carbons (Fsp3) is 0.0909. The van der Waals surface area contributed by atoms with E-state index in [4.69, 9.17) is 11.6 Å². The third-order valence-corrected chi connectivity index (χ3v) is 4.28. The predicted molar refractivity (Wildman–Crippen MR) is 70.7 cm³/mol. The molecule has 0 aliphatic heterocycles. The lowest BCUT2D eigenvalue weighted by atomic mass is 10.4. The van der Waals surface area contributed by atoms with Crippen LogP contribution in [-0.4, -0.2) is 24.6 Å². The first kappa shape index (κ1) is 13.3. The summed E-state index contributed by atoms with van der Waals surface area (Å²) in [7, 11) is -3.16. The minimum absolute atomic E-state index is 0.295. The van der Waals surface area contributed by atoms with Crippen molar-refractivity contribution in [3.8, 4) is 0 Å². The lowest BCUT2D eigenvalue weighted by molar-refractivity contribution is 0.602. The van der Waals surface area contributed by atoms with Crippen LogP contribution in [0.4, 0.5) is 0 Å². The van der Waals surface area contributed by atoms with E-state index in [1.165, 1.54) is 24.2 Å². The van der Waals surface area contributed by atoms with E-state index < -0.39 is 9.84 Å². The Balaban J connectivity index is 2.21. The average Bonchev–Trinajstić information content (AvgIpc) is 2.28. The highest BCUT2D eigenvalue weighted by atomic mass is 35.5. The predicted octanol–water partition coefficient (Wildman–Crippen LogP) is 2.68. The molecule has 0 aliphatic rings. The molecule has 0 saturated heterocycles. The molecule has 2 rings (SSSR count). The summed E-state index contributed by atoms with van der Waals surface area (Å²) in [6.45, 7) is 0. The molecule has 4 nitrogen and oxygen atoms in total. The van der Waals surface area contributed by atoms with Crippen LogP contribution in [0.3, 0.4) is 0 Å². The fourth-order valence-corrected chi connectivity index (χ4v) is 2.85. The molecular weight excluding hydrogens is 292 g/mol. The Bertz CT molecular complexity index is 657. The summed E-state index contributed by atoms with van der Waals surface area (Å²) in [6.07, 6.45) is 4.23. The molecular formula is C11H9ClN2O2S2. The van der Waals surface area contributed by atoms with Crippen LogP contribution in [0.25, 0.3) is 0 Å². The second-order valence-corrected chi connectivity index (χ2v) is 7.02. The maximum Gasteiger partial charge on any atom is 0.175 e. The zero-order chi connectivity index (χ0) is 13.2. The molecule has 0 bridgehead atoms. The van der Waals surface area contributed by atoms with Gasteiger partial charge in [-0.3, -0.25) is 4.98 Å². The zero-order valence-electron chi connectivity index (χ0n) is 9.37. The van der Waals surface area contributed by atoms with Crippen molar-refractivity contribution in [1.29, 1.82) is 0 Å². The highest BCUT2D eigenvalue weighted by Crippen LogP contribution is 2.27. The summed E-state index contributed by atoms with van der Waals surface area (Å²) < 4.78 is 22.6. The Morgan fingerprint density at radius 3 is 2.39 bits per heavy atom. The summed E-state index contributed by atoms with van der Waals surface area (Å²) in [5.74, 6) is 0. The normalized spacial score (nSPS) is 11.4. The Kier molecular flexibility index (Phi) is 3.89. The van der Waals surface area contributed by atoms with Gasteiger partial charge in [0.2, 0.25) is 0 Å². The molecule has 0 N–H and O–H groups in total. The number of nitrogens with zero attached hydrogens (tertiary/aromatic N) is 2. The Hall–Kier alpha value is -1.11. The van der Waals surface area contributed by atoms with Crippen molar-refractivity contribution in [2.24, 2.45) is 0 Å². The van der Waals surface area contributed by atoms with Gasteiger partial charge in [-0.2, -0.15) is 0 Å². The van der Waals surface area contributed by atoms with E-state index in [2.05, 4.69) is 9.97 Å². The quantitative estimate of drug-likeness (QED) is 0.872. The van der Waals surface area contributed by atoms with Gasteiger partial charge in [-0.05, 0) is 24.3 Å². The van der Waals surface area contributed by atoms with Crippen molar-refractivity contribution in [2.45, 2.75) is 14.8 Å². The SMILES string of the molecule is CS(=O)(=O)c1ccc(Sc2cncc(Cl)n2)cc1. The van der Waals surface area contributed by atoms with Crippen molar-refractivity contribution in [1.82, 2.24) is 9.97 Å². The number of benzene rings is 1. The molecule has 1 aromatic heterocycles. The van der Waals surface area contributed by atoms with Crippen LogP contribution in [0, 0.1) is 0 Å². The van der Waals surface area contributed by atoms with Crippen LogP contribution in [0.5, 0.6) is 0 Å². The monoisotopic (exact) mass is 300 g/mol. The van der Waals surface area contributed by atoms with Gasteiger partial charge in [-0.25, -0.2) is 13.4 Å². The van der Waals surface area contributed by atoms with Gasteiger partial charge in [0.25, 0.3) is 0 Å². The number of hydrogen-bond donors (Lipinski definition) is 0. The van der Waals surface area contributed by atoms with Crippen LogP contribution >= 0.6 is 23.4 Å². The van der Waals surface area contributed by atoms with Gasteiger partial charge in [0, 0.05) is 11.2 Å². The van der Waals surface area contributed by atoms with Crippen molar-refractivity contribution in [2.75, 3.05) is 6.26 Å². The molecule has 18 heavy (non-hydrogen) atoms. The largest absolute Gasteiger partial charge is 0.259 e. The highest BCUT2D eigenvalue weighted by Gasteiger charge is 2.07. The molecule has 1 aromatic carbocycles. The molecule has 0 unspecified atom stereocenters. The van der Waals surface area contributed by atoms with Gasteiger partial charge in [0.05, 0.1) is 17.3 Å². The number of halogens is 1. The Labute approximate surface area is 114 Å². The molecule has 94 valence electrons. The first-order chi connectivity index (χ1) is 8.45. The van der Waals surface area contributed by atoms with Gasteiger partial charge in [0.1, 0.15) is 10.2 Å². The van der Waals surface area contributed by atoms with Crippen molar-refractivity contribution < 1.29 is 8.42 Å². The second-order valence-electron chi connectivity index (χ2n) is 3.53. The Morgan fingerprint density at radius 1 is 1.17 bits per heavy atom. The first-order valence-electron chi connectivity index (χ1n) is 4.91. The summed E-state index contributed by atoms with van der Waals surface area (Å²) in [5.41, 5.74) is 0. The molecule has 7 heteroatoms. The number of sulfone groups is 1. The van der Waals surface area contributed by atoms with Crippen LogP contribution in [0.2, 0.25) is 5.15 Å². The molecule has 0 amide bonds. The van der Waals surface area contributed by atoms with Gasteiger partial charge in [-0.1, -0.05) is 23.4 Å². The number of rotatable bonds is 3. The summed E-state index contributed by atoms with van der Waals surface area (Å²) in [5, 5.41) is 0.988. The van der Waals surface area contributed by atoms with Gasteiger partial charge < -0.3 is 0 Å². The average molecular weight is 301 g/mol. The molecule has 2 aromatic rings. The van der Waals surface area contributed by atoms with E-state index in [-0.39, 0.29) is 0 Å². The number of hydrogen-bond acceptors (Lipinski definition) is 5. The number of aromatic nitrogens is 2. The molecule has 0 atom stereocenters. The van der Waals surface area contributed by atoms with E-state index in [9.17, 15) is 8.42 Å².